The molecule has 0 amide bonds. The van der Waals surface area contributed by atoms with Crippen LogP contribution in [0, 0.1) is 0 Å². The number of nitrogens with zero attached hydrogens (tertiary/aromatic N) is 2. The van der Waals surface area contributed by atoms with Crippen molar-refractivity contribution in [2.45, 2.75) is 19.1 Å². The van der Waals surface area contributed by atoms with Gasteiger partial charge in [-0.15, -0.1) is 11.3 Å². The van der Waals surface area contributed by atoms with Gasteiger partial charge in [0.25, 0.3) is 10.1 Å². The maximum atomic E-state index is 13.0. The molecule has 1 aliphatic rings. The Morgan fingerprint density at radius 1 is 1.06 bits per heavy atom. The lowest BCUT2D eigenvalue weighted by Crippen LogP contribution is -2.23. The summed E-state index contributed by atoms with van der Waals surface area (Å²) in [5.41, 5.74) is 2.44. The first kappa shape index (κ1) is 21.7. The van der Waals surface area contributed by atoms with Gasteiger partial charge in [-0.05, 0) is 44.2 Å². The molecule has 1 N–H and O–H groups in total. The number of hydrogen-bond donors (Lipinski definition) is 1. The van der Waals surface area contributed by atoms with Gasteiger partial charge in [-0.3, -0.25) is 4.55 Å². The van der Waals surface area contributed by atoms with Crippen LogP contribution in [0.3, 0.4) is 0 Å². The molecule has 0 bridgehead atoms. The molecule has 0 fully saturated rings. The van der Waals surface area contributed by atoms with Gasteiger partial charge in [-0.25, -0.2) is 4.98 Å². The van der Waals surface area contributed by atoms with Gasteiger partial charge < -0.3 is 14.7 Å². The van der Waals surface area contributed by atoms with E-state index in [-0.39, 0.29) is 22.6 Å². The third kappa shape index (κ3) is 3.72. The molecule has 1 aromatic heterocycles. The second-order valence-electron chi connectivity index (χ2n) is 7.76. The molecule has 1 aliphatic heterocycles. The van der Waals surface area contributed by atoms with Crippen molar-refractivity contribution in [2.75, 3.05) is 18.0 Å². The van der Waals surface area contributed by atoms with E-state index in [2.05, 4.69) is 9.88 Å². The Bertz CT molecular complexity index is 1440. The molecule has 3 aromatic carbocycles. The Hall–Kier alpha value is -3.14. The number of benzene rings is 3. The van der Waals surface area contributed by atoms with Crippen molar-refractivity contribution in [1.82, 2.24) is 4.98 Å². The maximum absolute atomic E-state index is 13.0. The Kier molecular flexibility index (Phi) is 5.27. The number of thiazole rings is 1. The molecule has 170 valence electrons. The summed E-state index contributed by atoms with van der Waals surface area (Å²) in [5.74, 6) is 0.101. The molecule has 1 atom stereocenters. The van der Waals surface area contributed by atoms with Crippen molar-refractivity contribution in [2.24, 2.45) is 0 Å². The van der Waals surface area contributed by atoms with Crippen molar-refractivity contribution >= 4 is 37.4 Å². The van der Waals surface area contributed by atoms with E-state index in [1.54, 1.807) is 12.1 Å². The SMILES string of the molecule is CCN(CC)c1ccc2c(c1)Oc1cc([O-])c(-c3nc4ccccc4s3)cc1C2S(=O)(=O)O. The number of rotatable bonds is 5. The van der Waals surface area contributed by atoms with Crippen LogP contribution in [0.2, 0.25) is 0 Å². The van der Waals surface area contributed by atoms with Crippen LogP contribution in [0.5, 0.6) is 17.2 Å². The van der Waals surface area contributed by atoms with Crippen LogP contribution in [0.15, 0.2) is 54.6 Å². The van der Waals surface area contributed by atoms with Gasteiger partial charge in [0.05, 0.1) is 10.2 Å². The van der Waals surface area contributed by atoms with Crippen LogP contribution in [0.25, 0.3) is 20.8 Å². The van der Waals surface area contributed by atoms with Gasteiger partial charge in [0, 0.05) is 41.5 Å². The molecule has 5 rings (SSSR count). The molecule has 1 unspecified atom stereocenters. The molecule has 33 heavy (non-hydrogen) atoms. The molecule has 0 aliphatic carbocycles. The molecule has 0 saturated carbocycles. The number of fused-ring (bicyclic) bond motifs is 3. The highest BCUT2D eigenvalue weighted by Crippen LogP contribution is 2.50. The van der Waals surface area contributed by atoms with Crippen LogP contribution in [0.1, 0.15) is 30.2 Å². The maximum Gasteiger partial charge on any atom is 0.276 e. The molecule has 0 spiro atoms. The summed E-state index contributed by atoms with van der Waals surface area (Å²) in [7, 11) is -4.55. The van der Waals surface area contributed by atoms with E-state index in [0.29, 0.717) is 16.3 Å². The minimum atomic E-state index is -4.55. The summed E-state index contributed by atoms with van der Waals surface area (Å²) in [6.45, 7) is 5.58. The molecular weight excluding hydrogens is 460 g/mol. The van der Waals surface area contributed by atoms with Gasteiger partial charge in [0.15, 0.2) is 0 Å². The summed E-state index contributed by atoms with van der Waals surface area (Å²) >= 11 is 1.35. The van der Waals surface area contributed by atoms with E-state index in [0.717, 1.165) is 29.0 Å². The van der Waals surface area contributed by atoms with E-state index in [1.165, 1.54) is 23.5 Å². The van der Waals surface area contributed by atoms with Crippen molar-refractivity contribution < 1.29 is 22.8 Å². The predicted molar refractivity (Wildman–Crippen MR) is 128 cm³/mol. The summed E-state index contributed by atoms with van der Waals surface area (Å²) in [5, 5.41) is 12.1. The second kappa shape index (κ2) is 8.02. The second-order valence-corrected chi connectivity index (χ2v) is 10.3. The molecule has 0 radical (unpaired) electrons. The lowest BCUT2D eigenvalue weighted by Gasteiger charge is -2.30. The van der Waals surface area contributed by atoms with Gasteiger partial charge in [-0.2, -0.15) is 8.42 Å². The minimum absolute atomic E-state index is 0.122. The van der Waals surface area contributed by atoms with Crippen LogP contribution >= 0.6 is 11.3 Å². The number of aromatic nitrogens is 1. The fourth-order valence-corrected chi connectivity index (χ4v) is 6.25. The summed E-state index contributed by atoms with van der Waals surface area (Å²) in [6, 6.07) is 15.5. The summed E-state index contributed by atoms with van der Waals surface area (Å²) in [6.07, 6.45) is 0. The van der Waals surface area contributed by atoms with E-state index in [4.69, 9.17) is 4.74 Å². The monoisotopic (exact) mass is 481 g/mol. The van der Waals surface area contributed by atoms with E-state index in [9.17, 15) is 18.1 Å². The van der Waals surface area contributed by atoms with Gasteiger partial charge in [0.1, 0.15) is 21.8 Å². The third-order valence-corrected chi connectivity index (χ3v) is 8.02. The zero-order valence-corrected chi connectivity index (χ0v) is 19.6. The van der Waals surface area contributed by atoms with Gasteiger partial charge in [-0.1, -0.05) is 23.9 Å². The fraction of sp³-hybridized carbons (Fsp3) is 0.208. The van der Waals surface area contributed by atoms with Crippen LogP contribution in [-0.2, 0) is 10.1 Å². The lowest BCUT2D eigenvalue weighted by atomic mass is 9.97. The number of hydrogen-bond acceptors (Lipinski definition) is 7. The molecule has 2 heterocycles. The fourth-order valence-electron chi connectivity index (χ4n) is 4.25. The smallest absolute Gasteiger partial charge is 0.276 e. The molecule has 4 aromatic rings. The van der Waals surface area contributed by atoms with Gasteiger partial charge in [0.2, 0.25) is 0 Å². The summed E-state index contributed by atoms with van der Waals surface area (Å²) < 4.78 is 42.1. The van der Waals surface area contributed by atoms with Crippen LogP contribution < -0.4 is 14.7 Å². The average Bonchev–Trinajstić information content (AvgIpc) is 3.21. The molecule has 0 saturated heterocycles. The summed E-state index contributed by atoms with van der Waals surface area (Å²) in [4.78, 5) is 6.63. The van der Waals surface area contributed by atoms with Crippen molar-refractivity contribution in [3.05, 3.63) is 65.7 Å². The van der Waals surface area contributed by atoms with E-state index in [1.807, 2.05) is 44.2 Å². The predicted octanol–water partition coefficient (Wildman–Crippen LogP) is 4.97. The first-order chi connectivity index (χ1) is 15.8. The molecule has 7 nitrogen and oxygen atoms in total. The standard InChI is InChI=1S/C24H22N2O5S2/c1-3-26(4-2)14-9-10-15-20(11-14)31-21-13-19(27)16(12-17(21)23(15)33(28,29)30)24-25-18-7-5-6-8-22(18)32-24/h5-13,23,27H,3-4H2,1-2H3,(H,28,29,30)/p-1. The topological polar surface area (TPSA) is 103 Å². The zero-order chi connectivity index (χ0) is 23.3. The Morgan fingerprint density at radius 2 is 1.79 bits per heavy atom. The van der Waals surface area contributed by atoms with Crippen molar-refractivity contribution in [3.63, 3.8) is 0 Å². The highest BCUT2D eigenvalue weighted by atomic mass is 32.2. The normalized spacial score (nSPS) is 15.1. The van der Waals surface area contributed by atoms with Crippen molar-refractivity contribution in [1.29, 1.82) is 0 Å². The highest BCUT2D eigenvalue weighted by molar-refractivity contribution is 7.86. The minimum Gasteiger partial charge on any atom is -0.872 e. The quantitative estimate of drug-likeness (QED) is 0.402. The first-order valence-corrected chi connectivity index (χ1v) is 12.9. The van der Waals surface area contributed by atoms with Crippen molar-refractivity contribution in [3.8, 4) is 27.8 Å². The Balaban J connectivity index is 1.67. The Labute approximate surface area is 195 Å². The molecular formula is C24H21N2O5S2-. The van der Waals surface area contributed by atoms with Gasteiger partial charge >= 0.3 is 0 Å². The van der Waals surface area contributed by atoms with Crippen LogP contribution in [-0.4, -0.2) is 31.0 Å². The van der Waals surface area contributed by atoms with Crippen LogP contribution in [0.4, 0.5) is 5.69 Å². The Morgan fingerprint density at radius 3 is 2.48 bits per heavy atom. The van der Waals surface area contributed by atoms with E-state index >= 15 is 0 Å². The van der Waals surface area contributed by atoms with E-state index < -0.39 is 15.4 Å². The number of ether oxygens (including phenoxy) is 1. The third-order valence-electron chi connectivity index (χ3n) is 5.84. The average molecular weight is 482 g/mol. The highest BCUT2D eigenvalue weighted by Gasteiger charge is 2.37. The largest absolute Gasteiger partial charge is 0.872 e. The first-order valence-electron chi connectivity index (χ1n) is 10.5. The zero-order valence-electron chi connectivity index (χ0n) is 18.0. The number of para-hydroxylation sites is 1. The number of anilines is 1. The molecule has 9 heteroatoms. The lowest BCUT2D eigenvalue weighted by molar-refractivity contribution is -0.267.